The molecule has 0 bridgehead atoms. The molecule has 0 saturated heterocycles. The van der Waals surface area contributed by atoms with E-state index in [4.69, 9.17) is 9.72 Å². The molecule has 0 fully saturated rings. The Labute approximate surface area is 162 Å². The third-order valence-corrected chi connectivity index (χ3v) is 6.04. The van der Waals surface area contributed by atoms with E-state index < -0.39 is 0 Å². The zero-order valence-electron chi connectivity index (χ0n) is 15.1. The number of rotatable bonds is 5. The van der Waals surface area contributed by atoms with Gasteiger partial charge in [-0.2, -0.15) is 0 Å². The minimum atomic E-state index is -0.0956. The van der Waals surface area contributed by atoms with E-state index in [1.807, 2.05) is 24.3 Å². The highest BCUT2D eigenvalue weighted by molar-refractivity contribution is 7.18. The molecule has 5 nitrogen and oxygen atoms in total. The van der Waals surface area contributed by atoms with Crippen LogP contribution in [0.2, 0.25) is 0 Å². The number of pyridine rings is 1. The Morgan fingerprint density at radius 2 is 2.07 bits per heavy atom. The molecule has 138 valence electrons. The first-order valence-electron chi connectivity index (χ1n) is 9.01. The molecule has 4 rings (SSSR count). The third-order valence-electron chi connectivity index (χ3n) is 4.87. The monoisotopic (exact) mass is 379 g/mol. The minimum Gasteiger partial charge on any atom is -0.481 e. The quantitative estimate of drug-likeness (QED) is 0.679. The van der Waals surface area contributed by atoms with Gasteiger partial charge in [-0.3, -0.25) is 4.79 Å². The van der Waals surface area contributed by atoms with Crippen LogP contribution >= 0.6 is 11.3 Å². The van der Waals surface area contributed by atoms with Crippen LogP contribution in [0.4, 0.5) is 0 Å². The Hall–Kier alpha value is -2.73. The van der Waals surface area contributed by atoms with E-state index in [-0.39, 0.29) is 17.7 Å². The number of thiazole rings is 1. The van der Waals surface area contributed by atoms with Crippen molar-refractivity contribution in [1.29, 1.82) is 0 Å². The number of hydrogen-bond donors (Lipinski definition) is 1. The standard InChI is InChI=1S/C21H21N3O2S/c1-26-19-11-10-14(12-22-19)13-23-20(25)15-6-2-3-7-16(15)21-24-17-8-4-5-9-18(17)27-21/h2-5,8-12,15-16H,6-7,13H2,1H3,(H,23,25)/t15-,16+/m1/s1. The number of ether oxygens (including phenoxy) is 1. The first-order chi connectivity index (χ1) is 13.2. The summed E-state index contributed by atoms with van der Waals surface area (Å²) in [6, 6.07) is 11.9. The summed E-state index contributed by atoms with van der Waals surface area (Å²) in [6.45, 7) is 0.461. The lowest BCUT2D eigenvalue weighted by Gasteiger charge is -2.26. The minimum absolute atomic E-state index is 0.0689. The van der Waals surface area contributed by atoms with Gasteiger partial charge in [0.1, 0.15) is 0 Å². The normalized spacial score (nSPS) is 19.1. The number of aromatic nitrogens is 2. The molecule has 27 heavy (non-hydrogen) atoms. The Kier molecular flexibility index (Phi) is 5.16. The van der Waals surface area contributed by atoms with Gasteiger partial charge in [-0.25, -0.2) is 9.97 Å². The topological polar surface area (TPSA) is 64.1 Å². The molecule has 0 aliphatic heterocycles. The largest absolute Gasteiger partial charge is 0.481 e. The maximum atomic E-state index is 12.9. The lowest BCUT2D eigenvalue weighted by Crippen LogP contribution is -2.34. The van der Waals surface area contributed by atoms with Crippen LogP contribution in [0, 0.1) is 5.92 Å². The summed E-state index contributed by atoms with van der Waals surface area (Å²) in [5, 5.41) is 4.11. The highest BCUT2D eigenvalue weighted by Gasteiger charge is 2.32. The number of fused-ring (bicyclic) bond motifs is 1. The van der Waals surface area contributed by atoms with Gasteiger partial charge >= 0.3 is 0 Å². The van der Waals surface area contributed by atoms with E-state index in [2.05, 4.69) is 28.5 Å². The predicted molar refractivity (Wildman–Crippen MR) is 107 cm³/mol. The number of allylic oxidation sites excluding steroid dienone is 2. The van der Waals surface area contributed by atoms with Crippen LogP contribution < -0.4 is 10.1 Å². The van der Waals surface area contributed by atoms with Crippen molar-refractivity contribution in [3.8, 4) is 5.88 Å². The molecule has 1 aliphatic rings. The second-order valence-electron chi connectivity index (χ2n) is 6.60. The Morgan fingerprint density at radius 1 is 1.22 bits per heavy atom. The molecule has 3 aromatic rings. The van der Waals surface area contributed by atoms with Crippen molar-refractivity contribution in [2.45, 2.75) is 25.3 Å². The Morgan fingerprint density at radius 3 is 2.85 bits per heavy atom. The maximum Gasteiger partial charge on any atom is 0.224 e. The van der Waals surface area contributed by atoms with Gasteiger partial charge in [-0.1, -0.05) is 30.4 Å². The van der Waals surface area contributed by atoms with E-state index >= 15 is 0 Å². The van der Waals surface area contributed by atoms with Gasteiger partial charge in [0.15, 0.2) is 0 Å². The summed E-state index contributed by atoms with van der Waals surface area (Å²) in [6.07, 6.45) is 7.58. The number of nitrogens with one attached hydrogen (secondary N) is 1. The van der Waals surface area contributed by atoms with Crippen LogP contribution in [0.25, 0.3) is 10.2 Å². The van der Waals surface area contributed by atoms with Crippen LogP contribution in [0.1, 0.15) is 29.3 Å². The molecule has 0 spiro atoms. The molecule has 1 aliphatic carbocycles. The van der Waals surface area contributed by atoms with Gasteiger partial charge in [-0.05, 0) is 30.5 Å². The average Bonchev–Trinajstić information content (AvgIpc) is 3.16. The van der Waals surface area contributed by atoms with Crippen LogP contribution in [-0.4, -0.2) is 23.0 Å². The third kappa shape index (κ3) is 3.85. The molecule has 0 saturated carbocycles. The molecule has 6 heteroatoms. The average molecular weight is 379 g/mol. The summed E-state index contributed by atoms with van der Waals surface area (Å²) in [5.74, 6) is 0.668. The summed E-state index contributed by atoms with van der Waals surface area (Å²) >= 11 is 1.69. The van der Waals surface area contributed by atoms with Crippen molar-refractivity contribution in [2.24, 2.45) is 5.92 Å². The van der Waals surface area contributed by atoms with Crippen molar-refractivity contribution in [2.75, 3.05) is 7.11 Å². The first kappa shape index (κ1) is 17.7. The van der Waals surface area contributed by atoms with Crippen LogP contribution in [0.3, 0.4) is 0 Å². The van der Waals surface area contributed by atoms with Crippen molar-refractivity contribution in [1.82, 2.24) is 15.3 Å². The number of carbonyl (C=O) groups is 1. The van der Waals surface area contributed by atoms with E-state index in [0.29, 0.717) is 12.4 Å². The molecule has 0 radical (unpaired) electrons. The second kappa shape index (κ2) is 7.88. The summed E-state index contributed by atoms with van der Waals surface area (Å²) < 4.78 is 6.24. The fraction of sp³-hybridized carbons (Fsp3) is 0.286. The number of methoxy groups -OCH3 is 1. The van der Waals surface area contributed by atoms with Gasteiger partial charge in [0.2, 0.25) is 11.8 Å². The van der Waals surface area contributed by atoms with Gasteiger partial charge < -0.3 is 10.1 Å². The van der Waals surface area contributed by atoms with E-state index in [1.165, 1.54) is 4.70 Å². The lowest BCUT2D eigenvalue weighted by molar-refractivity contribution is -0.125. The van der Waals surface area contributed by atoms with Gasteiger partial charge in [0.25, 0.3) is 0 Å². The van der Waals surface area contributed by atoms with E-state index in [0.717, 1.165) is 28.9 Å². The lowest BCUT2D eigenvalue weighted by atomic mass is 9.82. The number of para-hydroxylation sites is 1. The van der Waals surface area contributed by atoms with E-state index in [9.17, 15) is 4.79 Å². The molecule has 2 heterocycles. The van der Waals surface area contributed by atoms with E-state index in [1.54, 1.807) is 30.7 Å². The Balaban J connectivity index is 1.48. The summed E-state index contributed by atoms with van der Waals surface area (Å²) in [5.41, 5.74) is 1.96. The molecule has 1 N–H and O–H groups in total. The number of amides is 1. The smallest absolute Gasteiger partial charge is 0.224 e. The molecular formula is C21H21N3O2S. The fourth-order valence-corrected chi connectivity index (χ4v) is 4.53. The van der Waals surface area contributed by atoms with Gasteiger partial charge in [0, 0.05) is 24.7 Å². The van der Waals surface area contributed by atoms with Crippen LogP contribution in [0.5, 0.6) is 5.88 Å². The Bertz CT molecular complexity index is 932. The molecular weight excluding hydrogens is 358 g/mol. The zero-order chi connectivity index (χ0) is 18.6. The molecule has 0 unspecified atom stereocenters. The number of carbonyl (C=O) groups excluding carboxylic acids is 1. The number of nitrogens with zero attached hydrogens (tertiary/aromatic N) is 2. The van der Waals surface area contributed by atoms with Crippen molar-refractivity contribution in [3.63, 3.8) is 0 Å². The van der Waals surface area contributed by atoms with Crippen molar-refractivity contribution < 1.29 is 9.53 Å². The van der Waals surface area contributed by atoms with Crippen molar-refractivity contribution in [3.05, 3.63) is 65.3 Å². The van der Waals surface area contributed by atoms with Crippen molar-refractivity contribution >= 4 is 27.5 Å². The molecule has 2 aromatic heterocycles. The maximum absolute atomic E-state index is 12.9. The number of benzene rings is 1. The molecule has 1 aromatic carbocycles. The van der Waals surface area contributed by atoms with Crippen LogP contribution in [0.15, 0.2) is 54.7 Å². The molecule has 2 atom stereocenters. The summed E-state index contributed by atoms with van der Waals surface area (Å²) in [7, 11) is 1.59. The highest BCUT2D eigenvalue weighted by atomic mass is 32.1. The zero-order valence-corrected chi connectivity index (χ0v) is 15.9. The second-order valence-corrected chi connectivity index (χ2v) is 7.66. The highest BCUT2D eigenvalue weighted by Crippen LogP contribution is 2.38. The SMILES string of the molecule is COc1ccc(CNC(=O)[C@@H]2CC=CC[C@@H]2c2nc3ccccc3s2)cn1. The van der Waals surface area contributed by atoms with Crippen LogP contribution in [-0.2, 0) is 11.3 Å². The number of hydrogen-bond acceptors (Lipinski definition) is 5. The first-order valence-corrected chi connectivity index (χ1v) is 9.83. The fourth-order valence-electron chi connectivity index (χ4n) is 3.38. The van der Waals surface area contributed by atoms with Gasteiger partial charge in [0.05, 0.1) is 28.3 Å². The summed E-state index contributed by atoms with van der Waals surface area (Å²) in [4.78, 5) is 21.8. The molecule has 1 amide bonds. The van der Waals surface area contributed by atoms with Gasteiger partial charge in [-0.15, -0.1) is 11.3 Å². The predicted octanol–water partition coefficient (Wildman–Crippen LogP) is 4.07.